The van der Waals surface area contributed by atoms with Crippen LogP contribution in [0.15, 0.2) is 24.3 Å². The molecule has 0 saturated carbocycles. The van der Waals surface area contributed by atoms with E-state index in [-0.39, 0.29) is 25.5 Å². The van der Waals surface area contributed by atoms with Crippen LogP contribution in [-0.2, 0) is 4.79 Å². The van der Waals surface area contributed by atoms with Crippen molar-refractivity contribution in [2.75, 3.05) is 37.7 Å². The minimum absolute atomic E-state index is 0.182. The number of halogens is 2. The zero-order chi connectivity index (χ0) is 19.9. The van der Waals surface area contributed by atoms with E-state index in [0.717, 1.165) is 43.9 Å². The van der Waals surface area contributed by atoms with Crippen molar-refractivity contribution < 1.29 is 23.0 Å². The van der Waals surface area contributed by atoms with Crippen LogP contribution in [0, 0.1) is 18.6 Å². The third kappa shape index (κ3) is 5.51. The van der Waals surface area contributed by atoms with Crippen molar-refractivity contribution in [2.45, 2.75) is 19.8 Å². The summed E-state index contributed by atoms with van der Waals surface area (Å²) in [6.07, 6.45) is 2.30. The lowest BCUT2D eigenvalue weighted by Gasteiger charge is -2.17. The van der Waals surface area contributed by atoms with E-state index in [1.54, 1.807) is 13.0 Å². The highest BCUT2D eigenvalue weighted by Gasteiger charge is 2.15. The van der Waals surface area contributed by atoms with Crippen LogP contribution in [0.3, 0.4) is 0 Å². The molecule has 150 valence electrons. The molecule has 2 aromatic rings. The maximum absolute atomic E-state index is 13.4. The number of hydrogen-bond acceptors (Lipinski definition) is 6. The molecule has 0 bridgehead atoms. The van der Waals surface area contributed by atoms with E-state index < -0.39 is 17.5 Å². The van der Waals surface area contributed by atoms with Crippen LogP contribution in [0.25, 0.3) is 0 Å². The van der Waals surface area contributed by atoms with E-state index in [4.69, 9.17) is 9.47 Å². The second-order valence-corrected chi connectivity index (χ2v) is 6.37. The van der Waals surface area contributed by atoms with E-state index in [1.165, 1.54) is 0 Å². The summed E-state index contributed by atoms with van der Waals surface area (Å²) in [6, 6.07) is 4.68. The van der Waals surface area contributed by atoms with E-state index in [9.17, 15) is 13.6 Å². The van der Waals surface area contributed by atoms with Gasteiger partial charge in [0.05, 0.1) is 6.54 Å². The number of rotatable bonds is 8. The Hall–Kier alpha value is -2.97. The van der Waals surface area contributed by atoms with Crippen molar-refractivity contribution in [3.63, 3.8) is 0 Å². The smallest absolute Gasteiger partial charge is 0.258 e. The predicted molar refractivity (Wildman–Crippen MR) is 98.6 cm³/mol. The standard InChI is InChI=1S/C19H22F2N4O3/c1-13-23-17(25-7-2-3-8-25)11-19(24-13)27-9-6-22-18(26)12-28-16-5-4-14(20)10-15(16)21/h4-5,10-11H,2-3,6-9,12H2,1H3,(H,22,26). The lowest BCUT2D eigenvalue weighted by molar-refractivity contribution is -0.123. The summed E-state index contributed by atoms with van der Waals surface area (Å²) >= 11 is 0. The Morgan fingerprint density at radius 1 is 1.18 bits per heavy atom. The van der Waals surface area contributed by atoms with E-state index in [0.29, 0.717) is 17.8 Å². The topological polar surface area (TPSA) is 76.6 Å². The number of nitrogens with zero attached hydrogens (tertiary/aromatic N) is 3. The molecule has 1 N–H and O–H groups in total. The monoisotopic (exact) mass is 392 g/mol. The Kier molecular flexibility index (Phi) is 6.57. The number of amides is 1. The number of nitrogens with one attached hydrogen (secondary N) is 1. The Morgan fingerprint density at radius 3 is 2.71 bits per heavy atom. The van der Waals surface area contributed by atoms with Gasteiger partial charge in [-0.3, -0.25) is 4.79 Å². The number of hydrogen-bond donors (Lipinski definition) is 1. The lowest BCUT2D eigenvalue weighted by atomic mass is 10.3. The number of carbonyl (C=O) groups excluding carboxylic acids is 1. The van der Waals surface area contributed by atoms with Crippen LogP contribution < -0.4 is 19.7 Å². The minimum atomic E-state index is -0.857. The highest BCUT2D eigenvalue weighted by Crippen LogP contribution is 2.21. The molecule has 3 rings (SSSR count). The number of benzene rings is 1. The SMILES string of the molecule is Cc1nc(OCCNC(=O)COc2ccc(F)cc2F)cc(N2CCCC2)n1. The first kappa shape index (κ1) is 19.8. The molecule has 0 aliphatic carbocycles. The Bertz CT molecular complexity index is 829. The number of carbonyl (C=O) groups is 1. The van der Waals surface area contributed by atoms with Crippen LogP contribution in [0.4, 0.5) is 14.6 Å². The zero-order valence-corrected chi connectivity index (χ0v) is 15.6. The van der Waals surface area contributed by atoms with E-state index in [1.807, 2.05) is 0 Å². The lowest BCUT2D eigenvalue weighted by Crippen LogP contribution is -2.32. The normalized spacial score (nSPS) is 13.5. The molecule has 7 nitrogen and oxygen atoms in total. The summed E-state index contributed by atoms with van der Waals surface area (Å²) in [5, 5.41) is 2.60. The molecule has 1 aromatic carbocycles. The van der Waals surface area contributed by atoms with Gasteiger partial charge in [0.2, 0.25) is 5.88 Å². The number of aromatic nitrogens is 2. The van der Waals surface area contributed by atoms with Gasteiger partial charge in [-0.1, -0.05) is 0 Å². The molecule has 1 saturated heterocycles. The van der Waals surface area contributed by atoms with Gasteiger partial charge in [-0.25, -0.2) is 13.8 Å². The molecule has 1 aromatic heterocycles. The van der Waals surface area contributed by atoms with Crippen molar-refractivity contribution in [3.05, 3.63) is 41.7 Å². The zero-order valence-electron chi connectivity index (χ0n) is 15.6. The third-order valence-corrected chi connectivity index (χ3v) is 4.16. The van der Waals surface area contributed by atoms with Crippen molar-refractivity contribution >= 4 is 11.7 Å². The second-order valence-electron chi connectivity index (χ2n) is 6.37. The van der Waals surface area contributed by atoms with Gasteiger partial charge >= 0.3 is 0 Å². The minimum Gasteiger partial charge on any atom is -0.481 e. The molecular weight excluding hydrogens is 370 g/mol. The quantitative estimate of drug-likeness (QED) is 0.695. The Labute approximate surface area is 161 Å². The maximum Gasteiger partial charge on any atom is 0.258 e. The first-order valence-electron chi connectivity index (χ1n) is 9.09. The Balaban J connectivity index is 1.41. The number of aryl methyl sites for hydroxylation is 1. The van der Waals surface area contributed by atoms with Crippen LogP contribution in [0.2, 0.25) is 0 Å². The molecule has 0 radical (unpaired) electrons. The fraction of sp³-hybridized carbons (Fsp3) is 0.421. The highest BCUT2D eigenvalue weighted by molar-refractivity contribution is 5.77. The predicted octanol–water partition coefficient (Wildman–Crippen LogP) is 2.24. The molecule has 9 heteroatoms. The molecular formula is C19H22F2N4O3. The molecule has 0 atom stereocenters. The van der Waals surface area contributed by atoms with Gasteiger partial charge < -0.3 is 19.7 Å². The van der Waals surface area contributed by atoms with Crippen molar-refractivity contribution in [1.29, 1.82) is 0 Å². The maximum atomic E-state index is 13.4. The van der Waals surface area contributed by atoms with Crippen molar-refractivity contribution in [1.82, 2.24) is 15.3 Å². The van der Waals surface area contributed by atoms with Gasteiger partial charge in [0.25, 0.3) is 5.91 Å². The number of anilines is 1. The van der Waals surface area contributed by atoms with Gasteiger partial charge in [0.15, 0.2) is 18.2 Å². The first-order valence-corrected chi connectivity index (χ1v) is 9.09. The van der Waals surface area contributed by atoms with Crippen LogP contribution in [0.5, 0.6) is 11.6 Å². The van der Waals surface area contributed by atoms with Gasteiger partial charge in [-0.15, -0.1) is 0 Å². The van der Waals surface area contributed by atoms with Crippen molar-refractivity contribution in [3.8, 4) is 11.6 Å². The molecule has 1 fully saturated rings. The second kappa shape index (κ2) is 9.29. The van der Waals surface area contributed by atoms with Gasteiger partial charge in [0, 0.05) is 25.2 Å². The molecule has 2 heterocycles. The van der Waals surface area contributed by atoms with Gasteiger partial charge in [-0.05, 0) is 31.9 Å². The first-order chi connectivity index (χ1) is 13.5. The van der Waals surface area contributed by atoms with E-state index >= 15 is 0 Å². The molecule has 1 aliphatic heterocycles. The highest BCUT2D eigenvalue weighted by atomic mass is 19.1. The summed E-state index contributed by atoms with van der Waals surface area (Å²) < 4.78 is 36.9. The summed E-state index contributed by atoms with van der Waals surface area (Å²) in [5.41, 5.74) is 0. The Morgan fingerprint density at radius 2 is 1.96 bits per heavy atom. The average Bonchev–Trinajstić information content (AvgIpc) is 3.19. The summed E-state index contributed by atoms with van der Waals surface area (Å²) in [4.78, 5) is 22.6. The van der Waals surface area contributed by atoms with E-state index in [2.05, 4.69) is 20.2 Å². The average molecular weight is 392 g/mol. The number of ether oxygens (including phenoxy) is 2. The fourth-order valence-corrected chi connectivity index (χ4v) is 2.84. The van der Waals surface area contributed by atoms with Gasteiger partial charge in [0.1, 0.15) is 24.1 Å². The largest absolute Gasteiger partial charge is 0.481 e. The summed E-state index contributed by atoms with van der Waals surface area (Å²) in [7, 11) is 0. The van der Waals surface area contributed by atoms with Crippen LogP contribution in [0.1, 0.15) is 18.7 Å². The summed E-state index contributed by atoms with van der Waals surface area (Å²) in [5.74, 6) is -0.267. The summed E-state index contributed by atoms with van der Waals surface area (Å²) in [6.45, 7) is 3.82. The molecule has 0 spiro atoms. The van der Waals surface area contributed by atoms with Crippen molar-refractivity contribution in [2.24, 2.45) is 0 Å². The fourth-order valence-electron chi connectivity index (χ4n) is 2.84. The molecule has 0 unspecified atom stereocenters. The molecule has 1 aliphatic rings. The third-order valence-electron chi connectivity index (χ3n) is 4.16. The molecule has 1 amide bonds. The molecule has 28 heavy (non-hydrogen) atoms. The van der Waals surface area contributed by atoms with Gasteiger partial charge in [-0.2, -0.15) is 4.98 Å². The van der Waals surface area contributed by atoms with Crippen LogP contribution in [-0.4, -0.2) is 48.7 Å². The van der Waals surface area contributed by atoms with Crippen LogP contribution >= 0.6 is 0 Å².